The molecule has 2 fully saturated rings. The molecule has 1 aromatic heterocycles. The normalized spacial score (nSPS) is 23.6. The number of nitrogens with zero attached hydrogens (tertiary/aromatic N) is 3. The fourth-order valence-corrected chi connectivity index (χ4v) is 8.34. The highest BCUT2D eigenvalue weighted by Crippen LogP contribution is 2.41. The van der Waals surface area contributed by atoms with Gasteiger partial charge in [0.15, 0.2) is 22.5 Å². The molecule has 1 saturated carbocycles. The van der Waals surface area contributed by atoms with E-state index in [1.54, 1.807) is 18.5 Å². The van der Waals surface area contributed by atoms with E-state index in [1.165, 1.54) is 21.7 Å². The van der Waals surface area contributed by atoms with Gasteiger partial charge in [-0.15, -0.1) is 11.3 Å². The number of thiazole rings is 1. The van der Waals surface area contributed by atoms with Crippen molar-refractivity contribution in [3.63, 3.8) is 0 Å². The molecule has 1 aliphatic carbocycles. The minimum absolute atomic E-state index is 0.0531. The van der Waals surface area contributed by atoms with Gasteiger partial charge in [-0.25, -0.2) is 31.3 Å². The number of aromatic nitrogens is 1. The zero-order chi connectivity index (χ0) is 30.2. The summed E-state index contributed by atoms with van der Waals surface area (Å²) in [7, 11) is -3.61. The fourth-order valence-electron chi connectivity index (χ4n) is 5.65. The Kier molecular flexibility index (Phi) is 8.97. The number of hydrogen-bond acceptors (Lipinski definition) is 9. The Balaban J connectivity index is 1.45. The first-order valence-electron chi connectivity index (χ1n) is 13.5. The van der Waals surface area contributed by atoms with Crippen LogP contribution in [-0.2, 0) is 24.3 Å². The van der Waals surface area contributed by atoms with Gasteiger partial charge in [-0.1, -0.05) is 17.7 Å². The number of hydrogen-bond donors (Lipinski definition) is 2. The molecule has 0 radical (unpaired) electrons. The number of carbonyl (C=O) groups excluding carboxylic acids is 1. The smallest absolute Gasteiger partial charge is 0.338 e. The van der Waals surface area contributed by atoms with Crippen LogP contribution in [0, 0.1) is 29.4 Å². The summed E-state index contributed by atoms with van der Waals surface area (Å²) in [6.07, 6.45) is 2.99. The molecule has 0 amide bonds. The number of benzene rings is 1. The summed E-state index contributed by atoms with van der Waals surface area (Å²) in [5.41, 5.74) is 0.604. The van der Waals surface area contributed by atoms with Crippen LogP contribution < -0.4 is 5.32 Å². The lowest BCUT2D eigenvalue weighted by Gasteiger charge is -2.38. The molecule has 3 heterocycles. The van der Waals surface area contributed by atoms with E-state index < -0.39 is 50.6 Å². The number of allylic oxidation sites excluding steroid dienone is 1. The highest BCUT2D eigenvalue weighted by molar-refractivity contribution is 7.89. The summed E-state index contributed by atoms with van der Waals surface area (Å²) < 4.78 is 61.5. The molecule has 226 valence electrons. The van der Waals surface area contributed by atoms with Gasteiger partial charge in [0.2, 0.25) is 10.0 Å². The Morgan fingerprint density at radius 2 is 1.95 bits per heavy atom. The first-order valence-corrected chi connectivity index (χ1v) is 16.4. The second kappa shape index (κ2) is 12.3. The van der Waals surface area contributed by atoms with Crippen molar-refractivity contribution in [3.8, 4) is 0 Å². The van der Waals surface area contributed by atoms with Crippen LogP contribution in [0.2, 0.25) is 5.02 Å². The number of sulfonamides is 1. The average molecular weight is 643 g/mol. The molecule has 15 heteroatoms. The number of carboxylic acid groups (broad SMARTS) is 1. The number of carboxylic acids is 1. The van der Waals surface area contributed by atoms with Gasteiger partial charge in [0.25, 0.3) is 0 Å². The van der Waals surface area contributed by atoms with Crippen LogP contribution >= 0.6 is 22.9 Å². The van der Waals surface area contributed by atoms with E-state index >= 15 is 0 Å². The lowest BCUT2D eigenvalue weighted by molar-refractivity contribution is -0.146. The van der Waals surface area contributed by atoms with Crippen molar-refractivity contribution in [2.75, 3.05) is 25.4 Å². The molecule has 10 nitrogen and oxygen atoms in total. The number of piperidine rings is 1. The number of esters is 1. The number of nitrogens with one attached hydrogen (secondary N) is 1. The monoisotopic (exact) mass is 642 g/mol. The third-order valence-corrected chi connectivity index (χ3v) is 11.1. The Morgan fingerprint density at radius 1 is 1.24 bits per heavy atom. The quantitative estimate of drug-likeness (QED) is 0.308. The summed E-state index contributed by atoms with van der Waals surface area (Å²) in [5.74, 6) is -4.81. The summed E-state index contributed by atoms with van der Waals surface area (Å²) in [6, 6.07) is 1.06. The number of rotatable bonds is 9. The molecule has 1 aromatic carbocycles. The van der Waals surface area contributed by atoms with E-state index in [9.17, 15) is 26.8 Å². The van der Waals surface area contributed by atoms with Gasteiger partial charge in [0, 0.05) is 41.8 Å². The summed E-state index contributed by atoms with van der Waals surface area (Å²) >= 11 is 7.53. The van der Waals surface area contributed by atoms with Crippen LogP contribution in [0.25, 0.3) is 0 Å². The van der Waals surface area contributed by atoms with Crippen LogP contribution in [-0.4, -0.2) is 66.0 Å². The molecule has 1 atom stereocenters. The molecule has 1 saturated heterocycles. The van der Waals surface area contributed by atoms with Gasteiger partial charge in [-0.05, 0) is 44.6 Å². The summed E-state index contributed by atoms with van der Waals surface area (Å²) in [4.78, 5) is 33.4. The number of aliphatic carboxylic acids is 1. The highest BCUT2D eigenvalue weighted by atomic mass is 35.5. The van der Waals surface area contributed by atoms with Crippen molar-refractivity contribution in [1.82, 2.24) is 14.6 Å². The molecule has 0 spiro atoms. The molecule has 3 aliphatic rings. The van der Waals surface area contributed by atoms with Crippen LogP contribution in [0.3, 0.4) is 0 Å². The van der Waals surface area contributed by atoms with Crippen molar-refractivity contribution in [3.05, 3.63) is 62.2 Å². The summed E-state index contributed by atoms with van der Waals surface area (Å²) in [6.45, 7) is 2.06. The Labute approximate surface area is 250 Å². The third kappa shape index (κ3) is 6.08. The minimum atomic E-state index is -3.61. The van der Waals surface area contributed by atoms with Crippen molar-refractivity contribution in [2.24, 2.45) is 22.7 Å². The van der Waals surface area contributed by atoms with Crippen LogP contribution in [0.15, 0.2) is 40.0 Å². The first kappa shape index (κ1) is 30.5. The topological polar surface area (TPSA) is 138 Å². The number of ether oxygens (including phenoxy) is 1. The number of carbonyl (C=O) groups is 2. The van der Waals surface area contributed by atoms with Crippen molar-refractivity contribution >= 4 is 50.7 Å². The van der Waals surface area contributed by atoms with E-state index in [2.05, 4.69) is 15.3 Å². The van der Waals surface area contributed by atoms with Crippen LogP contribution in [0.1, 0.15) is 49.2 Å². The van der Waals surface area contributed by atoms with Gasteiger partial charge < -0.3 is 15.2 Å². The van der Waals surface area contributed by atoms with E-state index in [0.29, 0.717) is 42.2 Å². The van der Waals surface area contributed by atoms with Gasteiger partial charge in [0.1, 0.15) is 6.04 Å². The second-order valence-corrected chi connectivity index (χ2v) is 13.8. The van der Waals surface area contributed by atoms with Gasteiger partial charge in [-0.3, -0.25) is 9.79 Å². The molecular formula is C27H29ClF2N4O6S2. The van der Waals surface area contributed by atoms with Crippen LogP contribution in [0.5, 0.6) is 0 Å². The molecule has 2 aromatic rings. The molecule has 2 aliphatic heterocycles. The van der Waals surface area contributed by atoms with Crippen LogP contribution in [0.4, 0.5) is 8.78 Å². The molecule has 0 unspecified atom stereocenters. The summed E-state index contributed by atoms with van der Waals surface area (Å²) in [5, 5.41) is 14.1. The van der Waals surface area contributed by atoms with E-state index in [-0.39, 0.29) is 48.4 Å². The first-order chi connectivity index (χ1) is 20.0. The second-order valence-electron chi connectivity index (χ2n) is 10.5. The third-order valence-electron chi connectivity index (χ3n) is 7.85. The van der Waals surface area contributed by atoms with Crippen molar-refractivity contribution < 1.29 is 36.6 Å². The molecule has 0 bridgehead atoms. The Morgan fingerprint density at radius 3 is 2.57 bits per heavy atom. The minimum Gasteiger partial charge on any atom is -0.481 e. The van der Waals surface area contributed by atoms with Crippen molar-refractivity contribution in [1.29, 1.82) is 0 Å². The zero-order valence-electron chi connectivity index (χ0n) is 22.6. The van der Waals surface area contributed by atoms with Gasteiger partial charge in [0.05, 0.1) is 28.9 Å². The van der Waals surface area contributed by atoms with E-state index in [4.69, 9.17) is 21.4 Å². The van der Waals surface area contributed by atoms with E-state index in [0.717, 1.165) is 6.07 Å². The lowest BCUT2D eigenvalue weighted by atomic mass is 9.76. The number of aliphatic imine (C=N–C) groups is 1. The lowest BCUT2D eigenvalue weighted by Crippen LogP contribution is -2.45. The van der Waals surface area contributed by atoms with Gasteiger partial charge in [-0.2, -0.15) is 0 Å². The maximum atomic E-state index is 14.6. The maximum absolute atomic E-state index is 14.6. The molecular weight excluding hydrogens is 614 g/mol. The largest absolute Gasteiger partial charge is 0.481 e. The highest BCUT2D eigenvalue weighted by Gasteiger charge is 2.41. The van der Waals surface area contributed by atoms with E-state index in [1.807, 2.05) is 0 Å². The van der Waals surface area contributed by atoms with Gasteiger partial charge >= 0.3 is 11.9 Å². The number of halogens is 3. The SMILES string of the molecule is CCOC(=O)C1=C(C2CCN(S(=O)(=O)CC3CC(C(=O)O)C3)CC2)NC(c2nccs2)=N[C@@H]1c1ccc(F)c(F)c1Cl. The standard InChI is InChI=1S/C27H29ClF2N4O6S2/c1-2-40-27(37)19-22(15-5-8-34(9-6-15)42(38,39)13-14-11-16(12-14)26(35)36)32-24(25-31-7-10-41-25)33-23(19)17-3-4-18(29)21(30)20(17)28/h3-4,7,10,14-16,23H,2,5-6,8-9,11-13H2,1H3,(H,32,33)(H,35,36)/t14?,16?,23-/m1/s1. The average Bonchev–Trinajstić information content (AvgIpc) is 3.48. The Hall–Kier alpha value is -2.94. The molecule has 2 N–H and O–H groups in total. The Bertz CT molecular complexity index is 1540. The zero-order valence-corrected chi connectivity index (χ0v) is 24.9. The van der Waals surface area contributed by atoms with Crippen molar-refractivity contribution in [2.45, 2.75) is 38.6 Å². The number of amidine groups is 1. The molecule has 5 rings (SSSR count). The predicted octanol–water partition coefficient (Wildman–Crippen LogP) is 4.14. The predicted molar refractivity (Wildman–Crippen MR) is 151 cm³/mol. The maximum Gasteiger partial charge on any atom is 0.338 e. The molecule has 42 heavy (non-hydrogen) atoms. The fraction of sp³-hybridized carbons (Fsp3) is 0.481.